The number of nitrogens with zero attached hydrogens (tertiary/aromatic N) is 1. The van der Waals surface area contributed by atoms with Crippen LogP contribution in [0.25, 0.3) is 0 Å². The molecule has 0 radical (unpaired) electrons. The van der Waals surface area contributed by atoms with Gasteiger partial charge in [-0.2, -0.15) is 0 Å². The van der Waals surface area contributed by atoms with Gasteiger partial charge in [0, 0.05) is 44.1 Å². The van der Waals surface area contributed by atoms with Crippen LogP contribution in [0.15, 0.2) is 48.3 Å². The first-order valence-electron chi connectivity index (χ1n) is 8.70. The lowest BCUT2D eigenvalue weighted by molar-refractivity contribution is 0.0322. The second-order valence-corrected chi connectivity index (χ2v) is 5.95. The summed E-state index contributed by atoms with van der Waals surface area (Å²) in [6.45, 7) is 5.27. The van der Waals surface area contributed by atoms with Gasteiger partial charge in [0.15, 0.2) is 0 Å². The highest BCUT2D eigenvalue weighted by Gasteiger charge is 2.09. The Hall–Kier alpha value is -2.42. The summed E-state index contributed by atoms with van der Waals surface area (Å²) in [5.41, 5.74) is 2.04. The topological polar surface area (TPSA) is 45.8 Å². The second kappa shape index (κ2) is 9.16. The Bertz CT molecular complexity index is 664. The molecule has 0 aromatic heterocycles. The highest BCUT2D eigenvalue weighted by Crippen LogP contribution is 2.12. The van der Waals surface area contributed by atoms with Crippen LogP contribution in [0.3, 0.4) is 0 Å². The Balaban J connectivity index is 1.44. The van der Waals surface area contributed by atoms with Crippen LogP contribution in [-0.4, -0.2) is 57.4 Å². The molecule has 2 N–H and O–H groups in total. The van der Waals surface area contributed by atoms with E-state index >= 15 is 0 Å². The molecule has 0 amide bonds. The van der Waals surface area contributed by atoms with Crippen molar-refractivity contribution in [2.75, 3.05) is 46.5 Å². The molecular weight excluding hydrogens is 314 g/mol. The zero-order chi connectivity index (χ0) is 17.3. The smallest absolute Gasteiger partial charge is 0.119 e. The largest absolute Gasteiger partial charge is 0.492 e. The van der Waals surface area contributed by atoms with E-state index in [2.05, 4.69) is 27.4 Å². The molecule has 132 valence electrons. The lowest BCUT2D eigenvalue weighted by Gasteiger charge is -2.26. The van der Waals surface area contributed by atoms with Crippen molar-refractivity contribution >= 4 is 0 Å². The first kappa shape index (κ1) is 17.4. The summed E-state index contributed by atoms with van der Waals surface area (Å²) in [4.78, 5) is 2.36. The third-order valence-corrected chi connectivity index (χ3v) is 4.18. The first-order chi connectivity index (χ1) is 12.3. The number of dihydropyridines is 1. The monoisotopic (exact) mass is 339 g/mol. The number of morpholine rings is 1. The van der Waals surface area contributed by atoms with E-state index in [9.17, 15) is 0 Å². The molecular formula is C20H25N3O2. The SMILES string of the molecule is CNC1=CNC(C#Cc2ccc(OCCN3CCOCC3)cc2)C=C1. The minimum absolute atomic E-state index is 0.0431. The summed E-state index contributed by atoms with van der Waals surface area (Å²) >= 11 is 0. The zero-order valence-corrected chi connectivity index (χ0v) is 14.6. The number of benzene rings is 1. The fourth-order valence-corrected chi connectivity index (χ4v) is 2.64. The van der Waals surface area contributed by atoms with Gasteiger partial charge in [-0.05, 0) is 36.4 Å². The van der Waals surface area contributed by atoms with E-state index in [-0.39, 0.29) is 6.04 Å². The van der Waals surface area contributed by atoms with Gasteiger partial charge in [-0.25, -0.2) is 0 Å². The van der Waals surface area contributed by atoms with Gasteiger partial charge in [-0.3, -0.25) is 4.90 Å². The Morgan fingerprint density at radius 2 is 2.08 bits per heavy atom. The van der Waals surface area contributed by atoms with Crippen molar-refractivity contribution in [2.45, 2.75) is 6.04 Å². The molecule has 1 fully saturated rings. The second-order valence-electron chi connectivity index (χ2n) is 5.95. The van der Waals surface area contributed by atoms with Crippen molar-refractivity contribution in [2.24, 2.45) is 0 Å². The molecule has 1 unspecified atom stereocenters. The summed E-state index contributed by atoms with van der Waals surface area (Å²) in [5, 5.41) is 6.32. The standard InChI is InChI=1S/C20H25N3O2/c1-21-19-7-6-18(22-16-19)5-2-17-3-8-20(9-4-17)25-15-12-23-10-13-24-14-11-23/h3-4,6-9,16,18,21-22H,10-15H2,1H3. The quantitative estimate of drug-likeness (QED) is 0.793. The fraction of sp³-hybridized carbons (Fsp3) is 0.400. The van der Waals surface area contributed by atoms with Crippen LogP contribution in [0.2, 0.25) is 0 Å². The lowest BCUT2D eigenvalue weighted by atomic mass is 10.1. The van der Waals surface area contributed by atoms with Gasteiger partial charge in [0.1, 0.15) is 18.4 Å². The Morgan fingerprint density at radius 1 is 1.28 bits per heavy atom. The minimum Gasteiger partial charge on any atom is -0.492 e. The Morgan fingerprint density at radius 3 is 2.76 bits per heavy atom. The van der Waals surface area contributed by atoms with E-state index in [1.54, 1.807) is 0 Å². The first-order valence-corrected chi connectivity index (χ1v) is 8.70. The van der Waals surface area contributed by atoms with Crippen LogP contribution in [0.5, 0.6) is 5.75 Å². The molecule has 1 aromatic carbocycles. The minimum atomic E-state index is 0.0431. The van der Waals surface area contributed by atoms with Crippen molar-refractivity contribution in [1.82, 2.24) is 15.5 Å². The van der Waals surface area contributed by atoms with Crippen LogP contribution < -0.4 is 15.4 Å². The van der Waals surface area contributed by atoms with Gasteiger partial charge in [-0.1, -0.05) is 11.8 Å². The van der Waals surface area contributed by atoms with Crippen LogP contribution in [0, 0.1) is 11.8 Å². The van der Waals surface area contributed by atoms with Gasteiger partial charge in [0.25, 0.3) is 0 Å². The van der Waals surface area contributed by atoms with E-state index in [4.69, 9.17) is 9.47 Å². The predicted molar refractivity (Wildman–Crippen MR) is 99.3 cm³/mol. The van der Waals surface area contributed by atoms with Gasteiger partial charge in [0.05, 0.1) is 13.2 Å². The number of hydrogen-bond donors (Lipinski definition) is 2. The molecule has 25 heavy (non-hydrogen) atoms. The van der Waals surface area contributed by atoms with Crippen LogP contribution in [-0.2, 0) is 4.74 Å². The van der Waals surface area contributed by atoms with E-state index in [0.29, 0.717) is 6.61 Å². The van der Waals surface area contributed by atoms with E-state index in [0.717, 1.165) is 49.9 Å². The molecule has 5 heteroatoms. The van der Waals surface area contributed by atoms with Gasteiger partial charge >= 0.3 is 0 Å². The number of nitrogens with one attached hydrogen (secondary N) is 2. The number of allylic oxidation sites excluding steroid dienone is 1. The number of likely N-dealkylation sites (N-methyl/N-ethyl adjacent to an activating group) is 1. The van der Waals surface area contributed by atoms with Crippen molar-refractivity contribution in [1.29, 1.82) is 0 Å². The number of rotatable bonds is 5. The zero-order valence-electron chi connectivity index (χ0n) is 14.6. The molecule has 0 aliphatic carbocycles. The highest BCUT2D eigenvalue weighted by molar-refractivity contribution is 5.40. The maximum Gasteiger partial charge on any atom is 0.119 e. The van der Waals surface area contributed by atoms with Crippen molar-refractivity contribution < 1.29 is 9.47 Å². The summed E-state index contributed by atoms with van der Waals surface area (Å²) in [7, 11) is 1.90. The molecule has 0 bridgehead atoms. The molecule has 2 aliphatic rings. The third-order valence-electron chi connectivity index (χ3n) is 4.18. The molecule has 1 aromatic rings. The molecule has 3 rings (SSSR count). The van der Waals surface area contributed by atoms with Crippen molar-refractivity contribution in [3.63, 3.8) is 0 Å². The molecule has 2 aliphatic heterocycles. The van der Waals surface area contributed by atoms with Crippen molar-refractivity contribution in [3.8, 4) is 17.6 Å². The molecule has 1 saturated heterocycles. The molecule has 1 atom stereocenters. The van der Waals surface area contributed by atoms with Crippen LogP contribution >= 0.6 is 0 Å². The average molecular weight is 339 g/mol. The third kappa shape index (κ3) is 5.56. The summed E-state index contributed by atoms with van der Waals surface area (Å²) in [6.07, 6.45) is 6.01. The van der Waals surface area contributed by atoms with E-state index in [1.165, 1.54) is 0 Å². The highest BCUT2D eigenvalue weighted by atomic mass is 16.5. The molecule has 0 spiro atoms. The normalized spacial score (nSPS) is 20.0. The van der Waals surface area contributed by atoms with Crippen LogP contribution in [0.4, 0.5) is 0 Å². The average Bonchev–Trinajstić information content (AvgIpc) is 2.68. The number of ether oxygens (including phenoxy) is 2. The van der Waals surface area contributed by atoms with Crippen molar-refractivity contribution in [3.05, 3.63) is 53.9 Å². The maximum atomic E-state index is 5.81. The van der Waals surface area contributed by atoms with Gasteiger partial charge < -0.3 is 20.1 Å². The molecule has 0 saturated carbocycles. The summed E-state index contributed by atoms with van der Waals surface area (Å²) in [5.74, 6) is 7.28. The lowest BCUT2D eigenvalue weighted by Crippen LogP contribution is -2.38. The van der Waals surface area contributed by atoms with Crippen LogP contribution in [0.1, 0.15) is 5.56 Å². The summed E-state index contributed by atoms with van der Waals surface area (Å²) in [6, 6.07) is 8.00. The van der Waals surface area contributed by atoms with Gasteiger partial charge in [0.2, 0.25) is 0 Å². The van der Waals surface area contributed by atoms with E-state index < -0.39 is 0 Å². The Kier molecular flexibility index (Phi) is 6.38. The van der Waals surface area contributed by atoms with Gasteiger partial charge in [-0.15, -0.1) is 0 Å². The predicted octanol–water partition coefficient (Wildman–Crippen LogP) is 1.34. The fourth-order valence-electron chi connectivity index (χ4n) is 2.64. The van der Waals surface area contributed by atoms with E-state index in [1.807, 2.05) is 49.7 Å². The number of hydrogen-bond acceptors (Lipinski definition) is 5. The summed E-state index contributed by atoms with van der Waals surface area (Å²) < 4.78 is 11.2. The molecule has 2 heterocycles. The molecule has 5 nitrogen and oxygen atoms in total. The Labute approximate surface area is 149 Å². The maximum absolute atomic E-state index is 5.81.